The maximum absolute atomic E-state index is 9.76. The molecule has 5 rings (SSSR count). The third kappa shape index (κ3) is 3.65. The molecule has 152 valence electrons. The van der Waals surface area contributed by atoms with Crippen LogP contribution >= 0.6 is 0 Å². The van der Waals surface area contributed by atoms with E-state index in [9.17, 15) is 5.11 Å². The molecule has 0 saturated carbocycles. The summed E-state index contributed by atoms with van der Waals surface area (Å²) in [6.07, 6.45) is 5.53. The molecule has 1 aliphatic heterocycles. The van der Waals surface area contributed by atoms with Gasteiger partial charge in [-0.3, -0.25) is 9.88 Å². The van der Waals surface area contributed by atoms with Gasteiger partial charge in [-0.05, 0) is 17.2 Å². The van der Waals surface area contributed by atoms with Gasteiger partial charge in [0.25, 0.3) is 0 Å². The van der Waals surface area contributed by atoms with Gasteiger partial charge in [0.1, 0.15) is 5.82 Å². The van der Waals surface area contributed by atoms with Gasteiger partial charge in [0.2, 0.25) is 0 Å². The van der Waals surface area contributed by atoms with Gasteiger partial charge in [0, 0.05) is 62.8 Å². The van der Waals surface area contributed by atoms with Crippen molar-refractivity contribution >= 4 is 11.5 Å². The minimum atomic E-state index is -0.00928. The zero-order valence-corrected chi connectivity index (χ0v) is 16.7. The average molecular weight is 400 g/mol. The van der Waals surface area contributed by atoms with E-state index in [0.717, 1.165) is 61.0 Å². The molecular weight excluding hydrogens is 376 g/mol. The number of benzene rings is 1. The van der Waals surface area contributed by atoms with Crippen molar-refractivity contribution in [3.8, 4) is 11.3 Å². The van der Waals surface area contributed by atoms with Crippen molar-refractivity contribution in [1.82, 2.24) is 24.5 Å². The highest BCUT2D eigenvalue weighted by molar-refractivity contribution is 5.69. The molecule has 1 aliphatic rings. The molecule has 7 nitrogen and oxygen atoms in total. The summed E-state index contributed by atoms with van der Waals surface area (Å²) in [6, 6.07) is 16.0. The molecule has 0 spiro atoms. The molecule has 0 atom stereocenters. The summed E-state index contributed by atoms with van der Waals surface area (Å²) in [5.74, 6) is 1.04. The van der Waals surface area contributed by atoms with E-state index in [2.05, 4.69) is 32.0 Å². The Hall–Kier alpha value is -3.29. The van der Waals surface area contributed by atoms with Crippen molar-refractivity contribution in [2.45, 2.75) is 13.2 Å². The Morgan fingerprint density at radius 2 is 1.80 bits per heavy atom. The third-order valence-corrected chi connectivity index (χ3v) is 5.63. The van der Waals surface area contributed by atoms with Crippen molar-refractivity contribution in [3.63, 3.8) is 0 Å². The summed E-state index contributed by atoms with van der Waals surface area (Å²) in [7, 11) is 0. The van der Waals surface area contributed by atoms with E-state index < -0.39 is 0 Å². The number of rotatable bonds is 5. The molecule has 30 heavy (non-hydrogen) atoms. The van der Waals surface area contributed by atoms with Crippen LogP contribution < -0.4 is 4.90 Å². The zero-order valence-electron chi connectivity index (χ0n) is 16.7. The summed E-state index contributed by atoms with van der Waals surface area (Å²) in [4.78, 5) is 13.8. The molecule has 1 fully saturated rings. The largest absolute Gasteiger partial charge is 0.392 e. The molecular formula is C23H24N6O. The van der Waals surface area contributed by atoms with Crippen molar-refractivity contribution in [1.29, 1.82) is 0 Å². The zero-order chi connectivity index (χ0) is 20.3. The van der Waals surface area contributed by atoms with E-state index in [-0.39, 0.29) is 6.61 Å². The standard InChI is InChI=1S/C23H24N6O/c30-17-19-5-1-2-6-20(19)21-14-23(29-22(26-21)7-9-25-29)28-12-10-27(11-13-28)16-18-4-3-8-24-15-18/h1-9,14-15,30H,10-13,16-17H2. The summed E-state index contributed by atoms with van der Waals surface area (Å²) < 4.78 is 1.90. The van der Waals surface area contributed by atoms with Gasteiger partial charge >= 0.3 is 0 Å². The van der Waals surface area contributed by atoms with Gasteiger partial charge < -0.3 is 10.0 Å². The monoisotopic (exact) mass is 400 g/mol. The normalized spacial score (nSPS) is 15.0. The molecule has 3 aromatic heterocycles. The lowest BCUT2D eigenvalue weighted by Gasteiger charge is -2.36. The average Bonchev–Trinajstić information content (AvgIpc) is 3.28. The molecule has 0 radical (unpaired) electrons. The Labute approximate surface area is 175 Å². The molecule has 4 heterocycles. The summed E-state index contributed by atoms with van der Waals surface area (Å²) >= 11 is 0. The number of hydrogen-bond acceptors (Lipinski definition) is 6. The van der Waals surface area contributed by atoms with Crippen molar-refractivity contribution in [2.24, 2.45) is 0 Å². The van der Waals surface area contributed by atoms with Gasteiger partial charge in [-0.2, -0.15) is 9.61 Å². The van der Waals surface area contributed by atoms with Gasteiger partial charge in [0.05, 0.1) is 18.5 Å². The molecule has 1 aromatic carbocycles. The summed E-state index contributed by atoms with van der Waals surface area (Å²) in [6.45, 7) is 4.70. The SMILES string of the molecule is OCc1ccccc1-c1cc(N2CCN(Cc3cccnc3)CC2)n2nccc2n1. The van der Waals surface area contributed by atoms with Crippen LogP contribution in [0.4, 0.5) is 5.82 Å². The van der Waals surface area contributed by atoms with Crippen LogP contribution in [0.3, 0.4) is 0 Å². The first-order valence-corrected chi connectivity index (χ1v) is 10.2. The second kappa shape index (κ2) is 8.22. The molecule has 0 aliphatic carbocycles. The van der Waals surface area contributed by atoms with Crippen molar-refractivity contribution in [3.05, 3.63) is 78.2 Å². The minimum absolute atomic E-state index is 0.00928. The van der Waals surface area contributed by atoms with Crippen molar-refractivity contribution in [2.75, 3.05) is 31.1 Å². The number of pyridine rings is 1. The van der Waals surface area contributed by atoms with Crippen LogP contribution in [0.2, 0.25) is 0 Å². The van der Waals surface area contributed by atoms with Crippen molar-refractivity contribution < 1.29 is 5.11 Å². The highest BCUT2D eigenvalue weighted by atomic mass is 16.3. The maximum Gasteiger partial charge on any atom is 0.157 e. The topological polar surface area (TPSA) is 69.8 Å². The van der Waals surface area contributed by atoms with E-state index in [0.29, 0.717) is 0 Å². The highest BCUT2D eigenvalue weighted by Crippen LogP contribution is 2.28. The lowest BCUT2D eigenvalue weighted by Crippen LogP contribution is -2.46. The number of aliphatic hydroxyl groups is 1. The molecule has 4 aromatic rings. The van der Waals surface area contributed by atoms with Crippen LogP contribution in [0.5, 0.6) is 0 Å². The third-order valence-electron chi connectivity index (χ3n) is 5.63. The van der Waals surface area contributed by atoms with E-state index >= 15 is 0 Å². The molecule has 7 heteroatoms. The van der Waals surface area contributed by atoms with Crippen LogP contribution in [0.15, 0.2) is 67.1 Å². The lowest BCUT2D eigenvalue weighted by atomic mass is 10.0. The fraction of sp³-hybridized carbons (Fsp3) is 0.261. The van der Waals surface area contributed by atoms with Crippen LogP contribution in [0.25, 0.3) is 16.9 Å². The summed E-state index contributed by atoms with van der Waals surface area (Å²) in [5, 5.41) is 14.3. The Morgan fingerprint density at radius 3 is 2.60 bits per heavy atom. The van der Waals surface area contributed by atoms with Gasteiger partial charge in [-0.25, -0.2) is 4.98 Å². The minimum Gasteiger partial charge on any atom is -0.392 e. The fourth-order valence-corrected chi connectivity index (χ4v) is 4.05. The van der Waals surface area contributed by atoms with E-state index in [1.165, 1.54) is 5.56 Å². The smallest absolute Gasteiger partial charge is 0.157 e. The number of piperazine rings is 1. The van der Waals surface area contributed by atoms with Crippen LogP contribution in [-0.2, 0) is 13.2 Å². The lowest BCUT2D eigenvalue weighted by molar-refractivity contribution is 0.248. The van der Waals surface area contributed by atoms with Gasteiger partial charge in [-0.1, -0.05) is 30.3 Å². The highest BCUT2D eigenvalue weighted by Gasteiger charge is 2.21. The number of nitrogens with zero attached hydrogens (tertiary/aromatic N) is 6. The number of anilines is 1. The van der Waals surface area contributed by atoms with Crippen LogP contribution in [-0.4, -0.2) is 55.8 Å². The first-order chi connectivity index (χ1) is 14.8. The van der Waals surface area contributed by atoms with Crippen LogP contribution in [0, 0.1) is 0 Å². The fourth-order valence-electron chi connectivity index (χ4n) is 4.05. The quantitative estimate of drug-likeness (QED) is 0.555. The maximum atomic E-state index is 9.76. The van der Waals surface area contributed by atoms with E-state index in [4.69, 9.17) is 4.98 Å². The molecule has 0 bridgehead atoms. The van der Waals surface area contributed by atoms with Crippen LogP contribution in [0.1, 0.15) is 11.1 Å². The first-order valence-electron chi connectivity index (χ1n) is 10.2. The van der Waals surface area contributed by atoms with Gasteiger partial charge in [-0.15, -0.1) is 0 Å². The number of hydrogen-bond donors (Lipinski definition) is 1. The number of fused-ring (bicyclic) bond motifs is 1. The predicted molar refractivity (Wildman–Crippen MR) is 116 cm³/mol. The first kappa shape index (κ1) is 18.7. The molecule has 1 N–H and O–H groups in total. The Morgan fingerprint density at radius 1 is 0.933 bits per heavy atom. The second-order valence-electron chi connectivity index (χ2n) is 7.54. The van der Waals surface area contributed by atoms with E-state index in [1.54, 1.807) is 6.20 Å². The summed E-state index contributed by atoms with van der Waals surface area (Å²) in [5.41, 5.74) is 4.75. The Balaban J connectivity index is 1.41. The number of aromatic nitrogens is 4. The Bertz CT molecular complexity index is 1130. The van der Waals surface area contributed by atoms with E-state index in [1.807, 2.05) is 53.3 Å². The molecule has 0 unspecified atom stereocenters. The molecule has 1 saturated heterocycles. The Kier molecular flexibility index (Phi) is 5.13. The second-order valence-corrected chi connectivity index (χ2v) is 7.54. The van der Waals surface area contributed by atoms with Gasteiger partial charge in [0.15, 0.2) is 5.65 Å². The molecule has 0 amide bonds. The predicted octanol–water partition coefficient (Wildman–Crippen LogP) is 2.61. The number of aliphatic hydroxyl groups excluding tert-OH is 1.